The van der Waals surface area contributed by atoms with Gasteiger partial charge in [0.05, 0.1) is 6.20 Å². The maximum atomic E-state index is 12.0. The highest BCUT2D eigenvalue weighted by molar-refractivity contribution is 5.89. The maximum absolute atomic E-state index is 12.0. The van der Waals surface area contributed by atoms with Gasteiger partial charge in [-0.05, 0) is 24.8 Å². The molecule has 106 valence electrons. The lowest BCUT2D eigenvalue weighted by molar-refractivity contribution is 0.232. The van der Waals surface area contributed by atoms with Crippen molar-refractivity contribution in [3.05, 3.63) is 18.5 Å². The predicted molar refractivity (Wildman–Crippen MR) is 77.5 cm³/mol. The van der Waals surface area contributed by atoms with Crippen molar-refractivity contribution < 1.29 is 4.79 Å². The maximum Gasteiger partial charge on any atom is 0.320 e. The second kappa shape index (κ2) is 5.48. The molecule has 2 amide bonds. The van der Waals surface area contributed by atoms with Crippen molar-refractivity contribution >= 4 is 23.0 Å². The molecule has 0 saturated heterocycles. The van der Waals surface area contributed by atoms with E-state index in [1.54, 1.807) is 12.4 Å². The Morgan fingerprint density at radius 1 is 1.40 bits per heavy atom. The van der Waals surface area contributed by atoms with Crippen LogP contribution in [0.15, 0.2) is 18.5 Å². The molecule has 2 aromatic heterocycles. The van der Waals surface area contributed by atoms with Gasteiger partial charge in [0.2, 0.25) is 0 Å². The summed E-state index contributed by atoms with van der Waals surface area (Å²) in [6.45, 7) is 2.19. The molecule has 2 aromatic rings. The third-order valence-electron chi connectivity index (χ3n) is 3.93. The molecular formula is C14H19N5O. The molecule has 6 nitrogen and oxygen atoms in total. The molecule has 0 unspecified atom stereocenters. The quantitative estimate of drug-likeness (QED) is 0.786. The standard InChI is InChI=1S/C14H19N5O/c1-9-4-2-3-5-10(9)18-14(20)19-12-8-16-13-11(17-12)6-7-15-13/h6-10H,2-5H2,1H3,(H,15,16)(H2,17,18,19,20)/t9-,10+/m1/s1. The van der Waals surface area contributed by atoms with E-state index in [0.717, 1.165) is 17.6 Å². The molecular weight excluding hydrogens is 254 g/mol. The van der Waals surface area contributed by atoms with E-state index in [0.29, 0.717) is 11.7 Å². The molecule has 1 aliphatic rings. The minimum Gasteiger partial charge on any atom is -0.345 e. The predicted octanol–water partition coefficient (Wildman–Crippen LogP) is 2.66. The second-order valence-electron chi connectivity index (χ2n) is 5.43. The third-order valence-corrected chi connectivity index (χ3v) is 3.93. The molecule has 3 rings (SSSR count). The van der Waals surface area contributed by atoms with E-state index in [4.69, 9.17) is 0 Å². The molecule has 0 bridgehead atoms. The zero-order valence-corrected chi connectivity index (χ0v) is 11.5. The van der Waals surface area contributed by atoms with Crippen molar-refractivity contribution in [1.29, 1.82) is 0 Å². The molecule has 20 heavy (non-hydrogen) atoms. The Bertz CT molecular complexity index is 608. The van der Waals surface area contributed by atoms with Gasteiger partial charge >= 0.3 is 6.03 Å². The van der Waals surface area contributed by atoms with Crippen molar-refractivity contribution in [3.63, 3.8) is 0 Å². The number of aromatic amines is 1. The summed E-state index contributed by atoms with van der Waals surface area (Å²) in [7, 11) is 0. The van der Waals surface area contributed by atoms with Crippen molar-refractivity contribution in [2.45, 2.75) is 38.6 Å². The number of nitrogens with one attached hydrogen (secondary N) is 3. The normalized spacial score (nSPS) is 22.6. The number of fused-ring (bicyclic) bond motifs is 1. The summed E-state index contributed by atoms with van der Waals surface area (Å²) in [5, 5.41) is 5.79. The topological polar surface area (TPSA) is 82.7 Å². The highest BCUT2D eigenvalue weighted by Crippen LogP contribution is 2.23. The van der Waals surface area contributed by atoms with Crippen LogP contribution in [0, 0.1) is 5.92 Å². The molecule has 6 heteroatoms. The largest absolute Gasteiger partial charge is 0.345 e. The van der Waals surface area contributed by atoms with Gasteiger partial charge in [-0.1, -0.05) is 19.8 Å². The van der Waals surface area contributed by atoms with Crippen LogP contribution in [0.4, 0.5) is 10.6 Å². The summed E-state index contributed by atoms with van der Waals surface area (Å²) in [5.74, 6) is 1.01. The summed E-state index contributed by atoms with van der Waals surface area (Å²) in [5.41, 5.74) is 1.46. The Morgan fingerprint density at radius 2 is 2.25 bits per heavy atom. The zero-order valence-electron chi connectivity index (χ0n) is 11.5. The number of nitrogens with zero attached hydrogens (tertiary/aromatic N) is 2. The van der Waals surface area contributed by atoms with E-state index in [9.17, 15) is 4.79 Å². The van der Waals surface area contributed by atoms with Gasteiger partial charge < -0.3 is 10.3 Å². The molecule has 0 spiro atoms. The van der Waals surface area contributed by atoms with Gasteiger partial charge in [-0.25, -0.2) is 14.8 Å². The van der Waals surface area contributed by atoms with Gasteiger partial charge in [0.25, 0.3) is 0 Å². The molecule has 1 fully saturated rings. The van der Waals surface area contributed by atoms with Gasteiger partial charge in [0.15, 0.2) is 11.5 Å². The zero-order chi connectivity index (χ0) is 13.9. The van der Waals surface area contributed by atoms with Crippen LogP contribution in [0.25, 0.3) is 11.2 Å². The molecule has 2 atom stereocenters. The van der Waals surface area contributed by atoms with Crippen molar-refractivity contribution in [2.75, 3.05) is 5.32 Å². The third kappa shape index (κ3) is 2.74. The van der Waals surface area contributed by atoms with Crippen LogP contribution in [0.1, 0.15) is 32.6 Å². The Labute approximate surface area is 117 Å². The number of hydrogen-bond acceptors (Lipinski definition) is 3. The van der Waals surface area contributed by atoms with Crippen LogP contribution in [0.2, 0.25) is 0 Å². The SMILES string of the molecule is C[C@@H]1CCCC[C@@H]1NC(=O)Nc1cnc2[nH]ccc2n1. The molecule has 3 N–H and O–H groups in total. The minimum absolute atomic E-state index is 0.201. The summed E-state index contributed by atoms with van der Waals surface area (Å²) >= 11 is 0. The Balaban J connectivity index is 1.63. The number of carbonyl (C=O) groups is 1. The first kappa shape index (κ1) is 12.9. The number of aromatic nitrogens is 3. The molecule has 0 aliphatic heterocycles. The van der Waals surface area contributed by atoms with Gasteiger partial charge in [0, 0.05) is 12.2 Å². The lowest BCUT2D eigenvalue weighted by atomic mass is 9.86. The van der Waals surface area contributed by atoms with Gasteiger partial charge in [-0.3, -0.25) is 5.32 Å². The van der Waals surface area contributed by atoms with Crippen molar-refractivity contribution in [1.82, 2.24) is 20.3 Å². The first-order valence-electron chi connectivity index (χ1n) is 7.10. The number of hydrogen-bond donors (Lipinski definition) is 3. The lowest BCUT2D eigenvalue weighted by Crippen LogP contribution is -2.43. The Kier molecular flexibility index (Phi) is 3.54. The van der Waals surface area contributed by atoms with Crippen LogP contribution >= 0.6 is 0 Å². The molecule has 1 saturated carbocycles. The number of carbonyl (C=O) groups excluding carboxylic acids is 1. The van der Waals surface area contributed by atoms with E-state index in [2.05, 4.69) is 32.5 Å². The summed E-state index contributed by atoms with van der Waals surface area (Å²) in [4.78, 5) is 23.5. The lowest BCUT2D eigenvalue weighted by Gasteiger charge is -2.29. The number of H-pyrrole nitrogens is 1. The van der Waals surface area contributed by atoms with Crippen LogP contribution < -0.4 is 10.6 Å². The number of amides is 2. The van der Waals surface area contributed by atoms with E-state index in [1.165, 1.54) is 19.3 Å². The summed E-state index contributed by atoms with van der Waals surface area (Å²) < 4.78 is 0. The first-order chi connectivity index (χ1) is 9.72. The van der Waals surface area contributed by atoms with Crippen molar-refractivity contribution in [3.8, 4) is 0 Å². The fraction of sp³-hybridized carbons (Fsp3) is 0.500. The molecule has 1 aliphatic carbocycles. The highest BCUT2D eigenvalue weighted by Gasteiger charge is 2.22. The molecule has 0 radical (unpaired) electrons. The van der Waals surface area contributed by atoms with E-state index >= 15 is 0 Å². The molecule has 0 aromatic carbocycles. The van der Waals surface area contributed by atoms with Crippen molar-refractivity contribution in [2.24, 2.45) is 5.92 Å². The minimum atomic E-state index is -0.201. The van der Waals surface area contributed by atoms with Gasteiger partial charge in [-0.2, -0.15) is 0 Å². The monoisotopic (exact) mass is 273 g/mol. The average molecular weight is 273 g/mol. The number of urea groups is 1. The summed E-state index contributed by atoms with van der Waals surface area (Å²) in [6, 6.07) is 1.88. The Hall–Kier alpha value is -2.11. The smallest absolute Gasteiger partial charge is 0.320 e. The number of rotatable bonds is 2. The fourth-order valence-electron chi connectivity index (χ4n) is 2.74. The van der Waals surface area contributed by atoms with Gasteiger partial charge in [0.1, 0.15) is 5.52 Å². The van der Waals surface area contributed by atoms with E-state index < -0.39 is 0 Å². The highest BCUT2D eigenvalue weighted by atomic mass is 16.2. The first-order valence-corrected chi connectivity index (χ1v) is 7.10. The van der Waals surface area contributed by atoms with Crippen LogP contribution in [0.3, 0.4) is 0 Å². The number of anilines is 1. The fourth-order valence-corrected chi connectivity index (χ4v) is 2.74. The van der Waals surface area contributed by atoms with Crippen LogP contribution in [0.5, 0.6) is 0 Å². The van der Waals surface area contributed by atoms with Crippen LogP contribution in [-0.4, -0.2) is 27.0 Å². The summed E-state index contributed by atoms with van der Waals surface area (Å²) in [6.07, 6.45) is 8.01. The van der Waals surface area contributed by atoms with E-state index in [1.807, 2.05) is 6.07 Å². The van der Waals surface area contributed by atoms with E-state index in [-0.39, 0.29) is 12.1 Å². The molecule has 2 heterocycles. The van der Waals surface area contributed by atoms with Crippen LogP contribution in [-0.2, 0) is 0 Å². The van der Waals surface area contributed by atoms with Gasteiger partial charge in [-0.15, -0.1) is 0 Å². The second-order valence-corrected chi connectivity index (χ2v) is 5.43. The Morgan fingerprint density at radius 3 is 3.10 bits per heavy atom. The average Bonchev–Trinajstić information content (AvgIpc) is 2.89.